The molecule has 136 valence electrons. The van der Waals surface area contributed by atoms with Crippen molar-refractivity contribution in [2.45, 2.75) is 43.2 Å². The van der Waals surface area contributed by atoms with Gasteiger partial charge in [0.15, 0.2) is 4.90 Å². The fourth-order valence-electron chi connectivity index (χ4n) is 3.10. The molecule has 0 saturated carbocycles. The van der Waals surface area contributed by atoms with Gasteiger partial charge in [0.2, 0.25) is 0 Å². The second-order valence-corrected chi connectivity index (χ2v) is 7.73. The fraction of sp³-hybridized carbons (Fsp3) is 0.625. The molecule has 1 aliphatic rings. The lowest BCUT2D eigenvalue weighted by atomic mass is 10.00. The zero-order valence-electron chi connectivity index (χ0n) is 14.6. The summed E-state index contributed by atoms with van der Waals surface area (Å²) in [7, 11) is 0.526. The molecule has 1 saturated heterocycles. The molecule has 0 amide bonds. The molecule has 2 atom stereocenters. The molecule has 0 radical (unpaired) electrons. The number of piperidine rings is 1. The first-order chi connectivity index (χ1) is 11.4. The molecular weight excluding hydrogens is 332 g/mol. The maximum absolute atomic E-state index is 13.3. The number of ether oxygens (including phenoxy) is 3. The average Bonchev–Trinajstić information content (AvgIpc) is 2.60. The topological polar surface area (TPSA) is 91.1 Å². The van der Waals surface area contributed by atoms with Gasteiger partial charge in [-0.05, 0) is 19.8 Å². The average molecular weight is 358 g/mol. The van der Waals surface area contributed by atoms with Gasteiger partial charge in [0, 0.05) is 30.8 Å². The lowest BCUT2D eigenvalue weighted by molar-refractivity contribution is 0.226. The number of nitrogens with zero attached hydrogens (tertiary/aromatic N) is 1. The van der Waals surface area contributed by atoms with Crippen LogP contribution in [-0.4, -0.2) is 52.7 Å². The summed E-state index contributed by atoms with van der Waals surface area (Å²) in [6.07, 6.45) is 2.52. The number of methoxy groups -OCH3 is 3. The highest BCUT2D eigenvalue weighted by Crippen LogP contribution is 2.40. The third kappa shape index (κ3) is 3.45. The lowest BCUT2D eigenvalue weighted by Crippen LogP contribution is -2.51. The van der Waals surface area contributed by atoms with E-state index in [0.717, 1.165) is 19.3 Å². The van der Waals surface area contributed by atoms with Crippen LogP contribution in [0.2, 0.25) is 0 Å². The van der Waals surface area contributed by atoms with Crippen molar-refractivity contribution in [3.8, 4) is 17.2 Å². The number of nitrogens with two attached hydrogens (primary N) is 1. The van der Waals surface area contributed by atoms with Gasteiger partial charge in [-0.15, -0.1) is 0 Å². The van der Waals surface area contributed by atoms with Gasteiger partial charge in [-0.25, -0.2) is 8.42 Å². The van der Waals surface area contributed by atoms with Crippen LogP contribution in [0.5, 0.6) is 17.2 Å². The standard InChI is InChI=1S/C16H26N2O5S/c1-11(17)13-7-5-6-8-18(13)24(19,20)16-14(22-3)9-12(21-2)10-15(16)23-4/h9-11,13H,5-8,17H2,1-4H3. The van der Waals surface area contributed by atoms with Gasteiger partial charge in [0.25, 0.3) is 10.0 Å². The Morgan fingerprint density at radius 2 is 1.71 bits per heavy atom. The minimum atomic E-state index is -3.82. The van der Waals surface area contributed by atoms with Crippen LogP contribution in [0.25, 0.3) is 0 Å². The number of sulfonamides is 1. The van der Waals surface area contributed by atoms with Gasteiger partial charge in [0.1, 0.15) is 17.2 Å². The van der Waals surface area contributed by atoms with E-state index < -0.39 is 10.0 Å². The first kappa shape index (κ1) is 18.8. The Morgan fingerprint density at radius 1 is 1.12 bits per heavy atom. The second-order valence-electron chi connectivity index (χ2n) is 5.90. The summed E-state index contributed by atoms with van der Waals surface area (Å²) in [5.41, 5.74) is 6.03. The van der Waals surface area contributed by atoms with Crippen molar-refractivity contribution in [1.29, 1.82) is 0 Å². The van der Waals surface area contributed by atoms with Gasteiger partial charge in [-0.2, -0.15) is 4.31 Å². The van der Waals surface area contributed by atoms with E-state index in [4.69, 9.17) is 19.9 Å². The lowest BCUT2D eigenvalue weighted by Gasteiger charge is -2.37. The molecular formula is C16H26N2O5S. The van der Waals surface area contributed by atoms with Gasteiger partial charge in [-0.1, -0.05) is 6.42 Å². The Kier molecular flexibility index (Phi) is 5.95. The van der Waals surface area contributed by atoms with Gasteiger partial charge in [0.05, 0.1) is 21.3 Å². The van der Waals surface area contributed by atoms with E-state index in [-0.39, 0.29) is 28.5 Å². The molecule has 8 heteroatoms. The van der Waals surface area contributed by atoms with Crippen molar-refractivity contribution in [2.75, 3.05) is 27.9 Å². The molecule has 0 bridgehead atoms. The van der Waals surface area contributed by atoms with E-state index >= 15 is 0 Å². The van der Waals surface area contributed by atoms with Crippen LogP contribution in [0.15, 0.2) is 17.0 Å². The predicted molar refractivity (Wildman–Crippen MR) is 91.3 cm³/mol. The number of rotatable bonds is 6. The zero-order valence-corrected chi connectivity index (χ0v) is 15.4. The predicted octanol–water partition coefficient (Wildman–Crippen LogP) is 1.60. The summed E-state index contributed by atoms with van der Waals surface area (Å²) in [4.78, 5) is 0.0147. The van der Waals surface area contributed by atoms with E-state index in [0.29, 0.717) is 12.3 Å². The van der Waals surface area contributed by atoms with Crippen molar-refractivity contribution >= 4 is 10.0 Å². The Labute approximate surface area is 143 Å². The first-order valence-corrected chi connectivity index (χ1v) is 9.38. The Morgan fingerprint density at radius 3 is 2.17 bits per heavy atom. The van der Waals surface area contributed by atoms with Crippen LogP contribution in [0, 0.1) is 0 Å². The van der Waals surface area contributed by atoms with E-state index in [1.165, 1.54) is 25.6 Å². The molecule has 1 heterocycles. The Balaban J connectivity index is 2.59. The Hall–Kier alpha value is -1.51. The van der Waals surface area contributed by atoms with Crippen molar-refractivity contribution in [3.63, 3.8) is 0 Å². The molecule has 1 aliphatic heterocycles. The molecule has 24 heavy (non-hydrogen) atoms. The number of hydrogen-bond donors (Lipinski definition) is 1. The summed E-state index contributed by atoms with van der Waals surface area (Å²) < 4.78 is 43.9. The van der Waals surface area contributed by atoms with Gasteiger partial charge in [-0.3, -0.25) is 0 Å². The third-order valence-corrected chi connectivity index (χ3v) is 6.33. The van der Waals surface area contributed by atoms with Crippen LogP contribution in [-0.2, 0) is 10.0 Å². The Bertz CT molecular complexity index is 650. The summed E-state index contributed by atoms with van der Waals surface area (Å²) in [6, 6.07) is 2.59. The van der Waals surface area contributed by atoms with E-state index in [1.807, 2.05) is 6.92 Å². The molecule has 7 nitrogen and oxygen atoms in total. The number of hydrogen-bond acceptors (Lipinski definition) is 6. The molecule has 0 spiro atoms. The first-order valence-electron chi connectivity index (χ1n) is 7.94. The fourth-order valence-corrected chi connectivity index (χ4v) is 5.15. The monoisotopic (exact) mass is 358 g/mol. The largest absolute Gasteiger partial charge is 0.496 e. The summed E-state index contributed by atoms with van der Waals surface area (Å²) in [5, 5.41) is 0. The summed E-state index contributed by atoms with van der Waals surface area (Å²) >= 11 is 0. The maximum Gasteiger partial charge on any atom is 0.250 e. The SMILES string of the molecule is COc1cc(OC)c(S(=O)(=O)N2CCCCC2C(C)N)c(OC)c1. The third-order valence-electron chi connectivity index (χ3n) is 4.34. The molecule has 1 fully saturated rings. The van der Waals surface area contributed by atoms with Crippen molar-refractivity contribution in [2.24, 2.45) is 5.73 Å². The summed E-state index contributed by atoms with van der Waals surface area (Å²) in [6.45, 7) is 2.27. The molecule has 2 rings (SSSR count). The normalized spacial score (nSPS) is 20.5. The van der Waals surface area contributed by atoms with Crippen molar-refractivity contribution in [1.82, 2.24) is 4.31 Å². The van der Waals surface area contributed by atoms with Crippen LogP contribution in [0.4, 0.5) is 0 Å². The molecule has 1 aromatic carbocycles. The van der Waals surface area contributed by atoms with Gasteiger partial charge < -0.3 is 19.9 Å². The molecule has 0 aromatic heterocycles. The molecule has 2 N–H and O–H groups in total. The smallest absolute Gasteiger partial charge is 0.250 e. The minimum Gasteiger partial charge on any atom is -0.496 e. The maximum atomic E-state index is 13.3. The van der Waals surface area contributed by atoms with Crippen LogP contribution >= 0.6 is 0 Å². The molecule has 0 aliphatic carbocycles. The van der Waals surface area contributed by atoms with Crippen LogP contribution in [0.3, 0.4) is 0 Å². The van der Waals surface area contributed by atoms with E-state index in [9.17, 15) is 8.42 Å². The number of benzene rings is 1. The van der Waals surface area contributed by atoms with Crippen LogP contribution < -0.4 is 19.9 Å². The summed E-state index contributed by atoms with van der Waals surface area (Å²) in [5.74, 6) is 0.852. The second kappa shape index (κ2) is 7.58. The molecule has 1 aromatic rings. The van der Waals surface area contributed by atoms with Crippen LogP contribution in [0.1, 0.15) is 26.2 Å². The van der Waals surface area contributed by atoms with Crippen molar-refractivity contribution in [3.05, 3.63) is 12.1 Å². The van der Waals surface area contributed by atoms with Gasteiger partial charge >= 0.3 is 0 Å². The highest BCUT2D eigenvalue weighted by molar-refractivity contribution is 7.89. The molecule has 2 unspecified atom stereocenters. The van der Waals surface area contributed by atoms with Crippen molar-refractivity contribution < 1.29 is 22.6 Å². The minimum absolute atomic E-state index is 0.0147. The van der Waals surface area contributed by atoms with E-state index in [1.54, 1.807) is 12.1 Å². The van der Waals surface area contributed by atoms with E-state index in [2.05, 4.69) is 0 Å². The zero-order chi connectivity index (χ0) is 17.9. The highest BCUT2D eigenvalue weighted by atomic mass is 32.2. The highest BCUT2D eigenvalue weighted by Gasteiger charge is 2.39. The quantitative estimate of drug-likeness (QED) is 0.831.